The van der Waals surface area contributed by atoms with Gasteiger partial charge in [0.05, 0.1) is 10.4 Å². The summed E-state index contributed by atoms with van der Waals surface area (Å²) in [5.41, 5.74) is 1.42. The van der Waals surface area contributed by atoms with Gasteiger partial charge >= 0.3 is 0 Å². The predicted molar refractivity (Wildman–Crippen MR) is 63.9 cm³/mol. The molecule has 1 aliphatic rings. The van der Waals surface area contributed by atoms with E-state index in [1.165, 1.54) is 0 Å². The van der Waals surface area contributed by atoms with Crippen LogP contribution >= 0.6 is 0 Å². The highest BCUT2D eigenvalue weighted by molar-refractivity contribution is 7.89. The molecule has 0 atom stereocenters. The van der Waals surface area contributed by atoms with Crippen LogP contribution in [0.3, 0.4) is 0 Å². The van der Waals surface area contributed by atoms with Crippen LogP contribution in [0.15, 0.2) is 23.1 Å². The second-order valence-electron chi connectivity index (χ2n) is 5.14. The van der Waals surface area contributed by atoms with Gasteiger partial charge in [-0.2, -0.15) is 0 Å². The fraction of sp³-hybridized carbons (Fsp3) is 0.500. The van der Waals surface area contributed by atoms with E-state index in [0.717, 1.165) is 11.1 Å². The van der Waals surface area contributed by atoms with Gasteiger partial charge in [-0.25, -0.2) is 13.1 Å². The third-order valence-electron chi connectivity index (χ3n) is 3.02. The van der Waals surface area contributed by atoms with Crippen molar-refractivity contribution in [1.29, 1.82) is 0 Å². The molecule has 0 spiro atoms. The lowest BCUT2D eigenvalue weighted by atomic mass is 9.93. The molecule has 0 aromatic heterocycles. The van der Waals surface area contributed by atoms with Crippen LogP contribution in [0.5, 0.6) is 0 Å². The van der Waals surface area contributed by atoms with Crippen molar-refractivity contribution in [1.82, 2.24) is 4.72 Å². The van der Waals surface area contributed by atoms with Crippen LogP contribution in [-0.2, 0) is 15.6 Å². The van der Waals surface area contributed by atoms with Gasteiger partial charge in [-0.1, -0.05) is 26.0 Å². The summed E-state index contributed by atoms with van der Waals surface area (Å²) in [5, 5.41) is 0. The lowest BCUT2D eigenvalue weighted by molar-refractivity contribution is 0.494. The fourth-order valence-electron chi connectivity index (χ4n) is 2.08. The van der Waals surface area contributed by atoms with Gasteiger partial charge in [-0.05, 0) is 37.0 Å². The molecule has 16 heavy (non-hydrogen) atoms. The number of nitrogens with one attached hydrogen (secondary N) is 1. The highest BCUT2D eigenvalue weighted by atomic mass is 32.2. The Morgan fingerprint density at radius 3 is 2.44 bits per heavy atom. The van der Waals surface area contributed by atoms with Crippen LogP contribution in [0.2, 0.25) is 0 Å². The fourth-order valence-corrected chi connectivity index (χ4v) is 3.88. The molecule has 0 fully saturated rings. The zero-order valence-electron chi connectivity index (χ0n) is 10.0. The Bertz CT molecular complexity index is 530. The van der Waals surface area contributed by atoms with Gasteiger partial charge in [0, 0.05) is 0 Å². The molecule has 1 aliphatic heterocycles. The molecule has 88 valence electrons. The van der Waals surface area contributed by atoms with Gasteiger partial charge in [0.2, 0.25) is 10.0 Å². The predicted octanol–water partition coefficient (Wildman–Crippen LogP) is 2.34. The van der Waals surface area contributed by atoms with Crippen molar-refractivity contribution in [2.24, 2.45) is 0 Å². The summed E-state index contributed by atoms with van der Waals surface area (Å²) in [6, 6.07) is 5.72. The molecule has 0 unspecified atom stereocenters. The normalized spacial score (nSPS) is 21.1. The Morgan fingerprint density at radius 2 is 1.88 bits per heavy atom. The van der Waals surface area contributed by atoms with Gasteiger partial charge in [0.15, 0.2) is 0 Å². The molecule has 3 nitrogen and oxygen atoms in total. The summed E-state index contributed by atoms with van der Waals surface area (Å²) in [6.07, 6.45) is 0. The first-order valence-electron chi connectivity index (χ1n) is 5.42. The van der Waals surface area contributed by atoms with Crippen LogP contribution < -0.4 is 4.72 Å². The monoisotopic (exact) mass is 239 g/mol. The van der Waals surface area contributed by atoms with E-state index in [4.69, 9.17) is 0 Å². The Kier molecular flexibility index (Phi) is 2.40. The molecule has 1 heterocycles. The number of benzene rings is 1. The number of fused-ring (bicyclic) bond motifs is 1. The van der Waals surface area contributed by atoms with Crippen LogP contribution in [0.25, 0.3) is 0 Å². The van der Waals surface area contributed by atoms with Crippen LogP contribution in [0.1, 0.15) is 44.7 Å². The molecule has 0 bridgehead atoms. The van der Waals surface area contributed by atoms with E-state index in [2.05, 4.69) is 18.6 Å². The molecular weight excluding hydrogens is 222 g/mol. The van der Waals surface area contributed by atoms with Gasteiger partial charge in [0.1, 0.15) is 0 Å². The molecule has 0 aliphatic carbocycles. The van der Waals surface area contributed by atoms with Crippen molar-refractivity contribution in [2.75, 3.05) is 0 Å². The van der Waals surface area contributed by atoms with Crippen molar-refractivity contribution in [3.05, 3.63) is 29.3 Å². The summed E-state index contributed by atoms with van der Waals surface area (Å²) in [5.74, 6) is 0.337. The molecule has 0 saturated carbocycles. The smallest absolute Gasteiger partial charge is 0.207 e. The first-order chi connectivity index (χ1) is 7.24. The van der Waals surface area contributed by atoms with Gasteiger partial charge in [-0.3, -0.25) is 0 Å². The molecule has 2 rings (SSSR count). The van der Waals surface area contributed by atoms with E-state index < -0.39 is 15.6 Å². The van der Waals surface area contributed by atoms with Gasteiger partial charge in [-0.15, -0.1) is 0 Å². The topological polar surface area (TPSA) is 46.2 Å². The Balaban J connectivity index is 2.69. The first-order valence-corrected chi connectivity index (χ1v) is 6.91. The second kappa shape index (κ2) is 3.31. The van der Waals surface area contributed by atoms with Crippen molar-refractivity contribution in [2.45, 2.75) is 44.0 Å². The SMILES string of the molecule is CC(C)c1ccc2c(c1)S(=O)(=O)NC2(C)C. The number of sulfonamides is 1. The standard InChI is InChI=1S/C12H17NO2S/c1-8(2)9-5-6-10-11(7-9)16(14,15)13-12(10,3)4/h5-8,13H,1-4H3. The molecular formula is C12H17NO2S. The maximum absolute atomic E-state index is 11.9. The van der Waals surface area contributed by atoms with Crippen molar-refractivity contribution in [3.63, 3.8) is 0 Å². The largest absolute Gasteiger partial charge is 0.241 e. The summed E-state index contributed by atoms with van der Waals surface area (Å²) in [7, 11) is -3.32. The molecule has 0 amide bonds. The van der Waals surface area contributed by atoms with Crippen molar-refractivity contribution < 1.29 is 8.42 Å². The van der Waals surface area contributed by atoms with E-state index >= 15 is 0 Å². The molecule has 0 radical (unpaired) electrons. The summed E-state index contributed by atoms with van der Waals surface area (Å²) >= 11 is 0. The minimum atomic E-state index is -3.32. The molecule has 4 heteroatoms. The Labute approximate surface area is 96.9 Å². The number of hydrogen-bond donors (Lipinski definition) is 1. The van der Waals surface area contributed by atoms with Gasteiger partial charge in [0.25, 0.3) is 0 Å². The van der Waals surface area contributed by atoms with Crippen molar-refractivity contribution in [3.8, 4) is 0 Å². The third-order valence-corrected chi connectivity index (χ3v) is 4.72. The lowest BCUT2D eigenvalue weighted by Gasteiger charge is -2.17. The molecule has 0 saturated heterocycles. The van der Waals surface area contributed by atoms with E-state index in [1.54, 1.807) is 6.07 Å². The maximum Gasteiger partial charge on any atom is 0.241 e. The quantitative estimate of drug-likeness (QED) is 0.817. The van der Waals surface area contributed by atoms with Gasteiger partial charge < -0.3 is 0 Å². The zero-order valence-corrected chi connectivity index (χ0v) is 10.9. The molecule has 1 aromatic rings. The summed E-state index contributed by atoms with van der Waals surface area (Å²) < 4.78 is 26.5. The minimum Gasteiger partial charge on any atom is -0.207 e. The average molecular weight is 239 g/mol. The molecule has 1 N–H and O–H groups in total. The number of hydrogen-bond acceptors (Lipinski definition) is 2. The average Bonchev–Trinajstić information content (AvgIpc) is 2.32. The highest BCUT2D eigenvalue weighted by Gasteiger charge is 2.39. The summed E-state index contributed by atoms with van der Waals surface area (Å²) in [6.45, 7) is 7.88. The van der Waals surface area contributed by atoms with Crippen LogP contribution in [0, 0.1) is 0 Å². The van der Waals surface area contributed by atoms with Crippen LogP contribution in [-0.4, -0.2) is 8.42 Å². The maximum atomic E-state index is 11.9. The third kappa shape index (κ3) is 1.66. The first kappa shape index (κ1) is 11.6. The van der Waals surface area contributed by atoms with Crippen molar-refractivity contribution >= 4 is 10.0 Å². The number of rotatable bonds is 1. The summed E-state index contributed by atoms with van der Waals surface area (Å²) in [4.78, 5) is 0.434. The lowest BCUT2D eigenvalue weighted by Crippen LogP contribution is -2.32. The second-order valence-corrected chi connectivity index (χ2v) is 6.79. The van der Waals surface area contributed by atoms with E-state index in [1.807, 2.05) is 26.0 Å². The molecule has 1 aromatic carbocycles. The highest BCUT2D eigenvalue weighted by Crippen LogP contribution is 2.36. The Hall–Kier alpha value is -0.870. The zero-order chi connectivity index (χ0) is 12.1. The van der Waals surface area contributed by atoms with E-state index in [0.29, 0.717) is 10.8 Å². The van der Waals surface area contributed by atoms with Crippen LogP contribution in [0.4, 0.5) is 0 Å². The van der Waals surface area contributed by atoms with E-state index in [9.17, 15) is 8.42 Å². The Morgan fingerprint density at radius 1 is 1.25 bits per heavy atom. The minimum absolute atomic E-state index is 0.337. The van der Waals surface area contributed by atoms with E-state index in [-0.39, 0.29) is 0 Å².